The second kappa shape index (κ2) is 5.13. The molecular formula is C9H14N2OS. The molecule has 1 saturated heterocycles. The van der Waals surface area contributed by atoms with Crippen LogP contribution in [0.15, 0.2) is 0 Å². The van der Waals surface area contributed by atoms with Gasteiger partial charge in [0, 0.05) is 6.04 Å². The summed E-state index contributed by atoms with van der Waals surface area (Å²) < 4.78 is 0. The number of rotatable bonds is 2. The molecule has 0 aromatic rings. The predicted octanol–water partition coefficient (Wildman–Crippen LogP) is 1.16. The van der Waals surface area contributed by atoms with E-state index in [0.29, 0.717) is 6.04 Å². The Morgan fingerprint density at radius 1 is 1.62 bits per heavy atom. The van der Waals surface area contributed by atoms with Gasteiger partial charge in [-0.05, 0) is 31.3 Å². The Hall–Kier alpha value is -0.690. The zero-order valence-electron chi connectivity index (χ0n) is 7.75. The number of thioether (sulfide) groups is 1. The monoisotopic (exact) mass is 198 g/mol. The highest BCUT2D eigenvalue weighted by atomic mass is 32.2. The lowest BCUT2D eigenvalue weighted by Crippen LogP contribution is -2.39. The van der Waals surface area contributed by atoms with Crippen LogP contribution in [0.5, 0.6) is 0 Å². The van der Waals surface area contributed by atoms with Crippen molar-refractivity contribution in [3.05, 3.63) is 0 Å². The second-order valence-electron chi connectivity index (χ2n) is 3.25. The Morgan fingerprint density at radius 2 is 2.23 bits per heavy atom. The average Bonchev–Trinajstić information content (AvgIpc) is 2.18. The van der Waals surface area contributed by atoms with E-state index in [2.05, 4.69) is 5.32 Å². The first kappa shape index (κ1) is 10.4. The van der Waals surface area contributed by atoms with E-state index < -0.39 is 5.92 Å². The Bertz CT molecular complexity index is 218. The minimum atomic E-state index is -0.519. The van der Waals surface area contributed by atoms with E-state index in [0.717, 1.165) is 24.3 Å². The highest BCUT2D eigenvalue weighted by Gasteiger charge is 2.18. The summed E-state index contributed by atoms with van der Waals surface area (Å²) in [5, 5.41) is 11.4. The second-order valence-corrected chi connectivity index (χ2v) is 4.47. The van der Waals surface area contributed by atoms with Crippen LogP contribution in [0.3, 0.4) is 0 Å². The van der Waals surface area contributed by atoms with E-state index in [1.54, 1.807) is 6.92 Å². The fourth-order valence-corrected chi connectivity index (χ4v) is 2.33. The third kappa shape index (κ3) is 3.27. The lowest BCUT2D eigenvalue weighted by Gasteiger charge is -2.22. The average molecular weight is 198 g/mol. The fraction of sp³-hybridized carbons (Fsp3) is 0.778. The number of nitrogens with one attached hydrogen (secondary N) is 1. The van der Waals surface area contributed by atoms with Crippen molar-refractivity contribution in [3.63, 3.8) is 0 Å². The van der Waals surface area contributed by atoms with Gasteiger partial charge < -0.3 is 5.32 Å². The molecule has 0 aromatic carbocycles. The van der Waals surface area contributed by atoms with Crippen molar-refractivity contribution in [1.29, 1.82) is 5.26 Å². The smallest absolute Gasteiger partial charge is 0.237 e. The summed E-state index contributed by atoms with van der Waals surface area (Å²) in [6.45, 7) is 1.63. The van der Waals surface area contributed by atoms with E-state index >= 15 is 0 Å². The SMILES string of the molecule is CC(C#N)C(=O)NC1CCSCC1. The number of hydrogen-bond acceptors (Lipinski definition) is 3. The van der Waals surface area contributed by atoms with Gasteiger partial charge in [0.1, 0.15) is 5.92 Å². The van der Waals surface area contributed by atoms with E-state index in [9.17, 15) is 4.79 Å². The van der Waals surface area contributed by atoms with Gasteiger partial charge >= 0.3 is 0 Å². The van der Waals surface area contributed by atoms with Crippen LogP contribution in [0.25, 0.3) is 0 Å². The van der Waals surface area contributed by atoms with E-state index in [1.165, 1.54) is 0 Å². The molecule has 1 atom stereocenters. The van der Waals surface area contributed by atoms with Gasteiger partial charge in [0.15, 0.2) is 0 Å². The highest BCUT2D eigenvalue weighted by Crippen LogP contribution is 2.17. The number of hydrogen-bond donors (Lipinski definition) is 1. The van der Waals surface area contributed by atoms with Crippen LogP contribution in [0.4, 0.5) is 0 Å². The normalized spacial score (nSPS) is 20.3. The topological polar surface area (TPSA) is 52.9 Å². The Morgan fingerprint density at radius 3 is 2.77 bits per heavy atom. The van der Waals surface area contributed by atoms with Gasteiger partial charge in [-0.25, -0.2) is 0 Å². The molecule has 1 rings (SSSR count). The largest absolute Gasteiger partial charge is 0.352 e. The molecule has 1 heterocycles. The van der Waals surface area contributed by atoms with E-state index in [1.807, 2.05) is 17.8 Å². The van der Waals surface area contributed by atoms with Crippen LogP contribution in [-0.4, -0.2) is 23.5 Å². The minimum absolute atomic E-state index is 0.126. The van der Waals surface area contributed by atoms with Gasteiger partial charge in [-0.3, -0.25) is 4.79 Å². The van der Waals surface area contributed by atoms with Crippen molar-refractivity contribution in [3.8, 4) is 6.07 Å². The molecule has 0 aromatic heterocycles. The lowest BCUT2D eigenvalue weighted by atomic mass is 10.1. The quantitative estimate of drug-likeness (QED) is 0.724. The number of nitrogens with zero attached hydrogens (tertiary/aromatic N) is 1. The minimum Gasteiger partial charge on any atom is -0.352 e. The van der Waals surface area contributed by atoms with E-state index in [-0.39, 0.29) is 5.91 Å². The van der Waals surface area contributed by atoms with Crippen molar-refractivity contribution in [2.24, 2.45) is 5.92 Å². The van der Waals surface area contributed by atoms with Crippen LogP contribution < -0.4 is 5.32 Å². The maximum Gasteiger partial charge on any atom is 0.237 e. The molecule has 0 spiro atoms. The van der Waals surface area contributed by atoms with Crippen LogP contribution >= 0.6 is 11.8 Å². The maximum atomic E-state index is 11.3. The molecule has 1 aliphatic heterocycles. The number of carbonyl (C=O) groups is 1. The van der Waals surface area contributed by atoms with Crippen molar-refractivity contribution < 1.29 is 4.79 Å². The van der Waals surface area contributed by atoms with Crippen LogP contribution in [0, 0.1) is 17.2 Å². The molecular weight excluding hydrogens is 184 g/mol. The summed E-state index contributed by atoms with van der Waals surface area (Å²) in [5.41, 5.74) is 0. The molecule has 3 nitrogen and oxygen atoms in total. The summed E-state index contributed by atoms with van der Waals surface area (Å²) >= 11 is 1.92. The number of nitriles is 1. The molecule has 0 saturated carbocycles. The fourth-order valence-electron chi connectivity index (χ4n) is 1.23. The molecule has 4 heteroatoms. The van der Waals surface area contributed by atoms with Gasteiger partial charge in [-0.15, -0.1) is 0 Å². The summed E-state index contributed by atoms with van der Waals surface area (Å²) in [6, 6.07) is 2.23. The summed E-state index contributed by atoms with van der Waals surface area (Å²) in [7, 11) is 0. The molecule has 1 N–H and O–H groups in total. The van der Waals surface area contributed by atoms with Gasteiger partial charge in [0.05, 0.1) is 6.07 Å². The van der Waals surface area contributed by atoms with Gasteiger partial charge in [0.25, 0.3) is 0 Å². The molecule has 1 amide bonds. The molecule has 0 radical (unpaired) electrons. The molecule has 1 fully saturated rings. The van der Waals surface area contributed by atoms with Crippen LogP contribution in [0.1, 0.15) is 19.8 Å². The first-order chi connectivity index (χ1) is 6.24. The Labute approximate surface area is 82.9 Å². The van der Waals surface area contributed by atoms with Crippen molar-refractivity contribution in [2.45, 2.75) is 25.8 Å². The van der Waals surface area contributed by atoms with Gasteiger partial charge in [-0.2, -0.15) is 17.0 Å². The standard InChI is InChI=1S/C9H14N2OS/c1-7(6-10)9(12)11-8-2-4-13-5-3-8/h7-8H,2-5H2,1H3,(H,11,12). The van der Waals surface area contributed by atoms with Gasteiger partial charge in [0.2, 0.25) is 5.91 Å². The number of amides is 1. The van der Waals surface area contributed by atoms with Crippen LogP contribution in [-0.2, 0) is 4.79 Å². The highest BCUT2D eigenvalue weighted by molar-refractivity contribution is 7.99. The zero-order valence-corrected chi connectivity index (χ0v) is 8.56. The third-order valence-electron chi connectivity index (χ3n) is 2.15. The third-order valence-corrected chi connectivity index (χ3v) is 3.20. The maximum absolute atomic E-state index is 11.3. The van der Waals surface area contributed by atoms with Gasteiger partial charge in [-0.1, -0.05) is 0 Å². The number of carbonyl (C=O) groups excluding carboxylic acids is 1. The molecule has 0 aliphatic carbocycles. The molecule has 72 valence electrons. The lowest BCUT2D eigenvalue weighted by molar-refractivity contribution is -0.123. The Balaban J connectivity index is 2.31. The van der Waals surface area contributed by atoms with Crippen molar-refractivity contribution >= 4 is 17.7 Å². The molecule has 13 heavy (non-hydrogen) atoms. The summed E-state index contributed by atoms with van der Waals surface area (Å²) in [6.07, 6.45) is 2.07. The summed E-state index contributed by atoms with van der Waals surface area (Å²) in [5.74, 6) is 1.59. The van der Waals surface area contributed by atoms with Crippen molar-refractivity contribution in [2.75, 3.05) is 11.5 Å². The molecule has 1 unspecified atom stereocenters. The molecule has 0 bridgehead atoms. The molecule has 1 aliphatic rings. The first-order valence-electron chi connectivity index (χ1n) is 4.51. The zero-order chi connectivity index (χ0) is 9.68. The van der Waals surface area contributed by atoms with E-state index in [4.69, 9.17) is 5.26 Å². The first-order valence-corrected chi connectivity index (χ1v) is 5.67. The van der Waals surface area contributed by atoms with Crippen molar-refractivity contribution in [1.82, 2.24) is 5.32 Å². The summed E-state index contributed by atoms with van der Waals surface area (Å²) in [4.78, 5) is 11.3. The Kier molecular flexibility index (Phi) is 4.10. The predicted molar refractivity (Wildman–Crippen MR) is 53.3 cm³/mol. The van der Waals surface area contributed by atoms with Crippen LogP contribution in [0.2, 0.25) is 0 Å².